The van der Waals surface area contributed by atoms with E-state index in [4.69, 9.17) is 0 Å². The number of hydrogen-bond donors (Lipinski definition) is 2. The summed E-state index contributed by atoms with van der Waals surface area (Å²) < 4.78 is 0. The van der Waals surface area contributed by atoms with E-state index in [9.17, 15) is 19.8 Å². The fourth-order valence-corrected chi connectivity index (χ4v) is 3.14. The average molecular weight is 362 g/mol. The van der Waals surface area contributed by atoms with Crippen LogP contribution in [0.25, 0.3) is 0 Å². The van der Waals surface area contributed by atoms with Crippen molar-refractivity contribution in [3.63, 3.8) is 0 Å². The smallest absolute Gasteiger partial charge is 0.201 e. The van der Waals surface area contributed by atoms with Gasteiger partial charge in [-0.1, -0.05) is 26.0 Å². The van der Waals surface area contributed by atoms with Gasteiger partial charge in [0.05, 0.1) is 11.1 Å². The molecule has 0 heterocycles. The standard InChI is InChI=1S/C19H19NO4.ClH/c1-3-20(4-2)10-11-8-13-17(15(22)9-11)19(24)16-12(18(13)23)6-5-7-14(16)21;/h5-9,21-22H,3-4,10H2,1-2H3;1H. The number of nitrogens with zero attached hydrogens (tertiary/aromatic N) is 1. The van der Waals surface area contributed by atoms with E-state index in [0.29, 0.717) is 6.54 Å². The fraction of sp³-hybridized carbons (Fsp3) is 0.263. The van der Waals surface area contributed by atoms with Crippen molar-refractivity contribution in [1.29, 1.82) is 0 Å². The third kappa shape index (κ3) is 3.13. The van der Waals surface area contributed by atoms with Gasteiger partial charge in [-0.25, -0.2) is 0 Å². The van der Waals surface area contributed by atoms with Gasteiger partial charge in [-0.05, 0) is 36.9 Å². The zero-order chi connectivity index (χ0) is 17.4. The minimum Gasteiger partial charge on any atom is -0.507 e. The van der Waals surface area contributed by atoms with Crippen molar-refractivity contribution in [3.8, 4) is 11.5 Å². The van der Waals surface area contributed by atoms with Gasteiger partial charge in [-0.3, -0.25) is 14.5 Å². The van der Waals surface area contributed by atoms with Crippen LogP contribution in [0.3, 0.4) is 0 Å². The van der Waals surface area contributed by atoms with Gasteiger partial charge >= 0.3 is 0 Å². The molecule has 2 aromatic rings. The van der Waals surface area contributed by atoms with E-state index >= 15 is 0 Å². The Labute approximate surface area is 152 Å². The predicted molar refractivity (Wildman–Crippen MR) is 97.0 cm³/mol. The number of carbonyl (C=O) groups is 2. The molecule has 0 radical (unpaired) electrons. The number of aromatic hydroxyl groups is 2. The van der Waals surface area contributed by atoms with E-state index in [1.165, 1.54) is 24.3 Å². The second kappa shape index (κ2) is 7.25. The molecule has 0 saturated carbocycles. The highest BCUT2D eigenvalue weighted by molar-refractivity contribution is 6.30. The Bertz CT molecular complexity index is 844. The highest BCUT2D eigenvalue weighted by Crippen LogP contribution is 2.37. The maximum atomic E-state index is 12.7. The molecule has 0 spiro atoms. The third-order valence-electron chi connectivity index (χ3n) is 4.46. The second-order valence-corrected chi connectivity index (χ2v) is 5.86. The van der Waals surface area contributed by atoms with Gasteiger partial charge in [-0.15, -0.1) is 12.4 Å². The first-order chi connectivity index (χ1) is 11.5. The van der Waals surface area contributed by atoms with Crippen LogP contribution in [0.15, 0.2) is 30.3 Å². The summed E-state index contributed by atoms with van der Waals surface area (Å²) in [6.45, 7) is 6.35. The number of fused-ring (bicyclic) bond motifs is 2. The molecule has 0 unspecified atom stereocenters. The molecule has 0 amide bonds. The van der Waals surface area contributed by atoms with E-state index in [0.717, 1.165) is 18.7 Å². The lowest BCUT2D eigenvalue weighted by Crippen LogP contribution is -2.24. The first kappa shape index (κ1) is 19.0. The molecule has 1 aliphatic carbocycles. The summed E-state index contributed by atoms with van der Waals surface area (Å²) in [6.07, 6.45) is 0. The number of carbonyl (C=O) groups excluding carboxylic acids is 2. The number of halogens is 1. The van der Waals surface area contributed by atoms with Gasteiger partial charge in [0.25, 0.3) is 0 Å². The molecule has 25 heavy (non-hydrogen) atoms. The van der Waals surface area contributed by atoms with Gasteiger partial charge in [0, 0.05) is 17.7 Å². The molecule has 6 heteroatoms. The maximum absolute atomic E-state index is 12.7. The normalized spacial score (nSPS) is 12.6. The van der Waals surface area contributed by atoms with Crippen molar-refractivity contribution in [3.05, 3.63) is 58.1 Å². The van der Waals surface area contributed by atoms with Crippen molar-refractivity contribution in [2.75, 3.05) is 13.1 Å². The number of phenols is 2. The number of ketones is 2. The molecule has 0 bridgehead atoms. The highest BCUT2D eigenvalue weighted by Gasteiger charge is 2.34. The minimum atomic E-state index is -0.524. The van der Waals surface area contributed by atoms with Gasteiger partial charge in [-0.2, -0.15) is 0 Å². The van der Waals surface area contributed by atoms with Crippen molar-refractivity contribution >= 4 is 24.0 Å². The SMILES string of the molecule is CCN(CC)Cc1cc(O)c2c(c1)C(=O)c1cccc(O)c1C2=O.Cl. The van der Waals surface area contributed by atoms with Crippen molar-refractivity contribution < 1.29 is 19.8 Å². The van der Waals surface area contributed by atoms with E-state index in [2.05, 4.69) is 4.90 Å². The zero-order valence-corrected chi connectivity index (χ0v) is 14.9. The number of benzene rings is 2. The van der Waals surface area contributed by atoms with Crippen molar-refractivity contribution in [1.82, 2.24) is 4.90 Å². The van der Waals surface area contributed by atoms with Gasteiger partial charge in [0.15, 0.2) is 5.78 Å². The summed E-state index contributed by atoms with van der Waals surface area (Å²) in [5.74, 6) is -1.35. The molecule has 0 saturated heterocycles. The topological polar surface area (TPSA) is 77.8 Å². The summed E-state index contributed by atoms with van der Waals surface area (Å²) in [5.41, 5.74) is 1.07. The monoisotopic (exact) mass is 361 g/mol. The Morgan fingerprint density at radius 2 is 1.52 bits per heavy atom. The van der Waals surface area contributed by atoms with E-state index < -0.39 is 5.78 Å². The summed E-state index contributed by atoms with van der Waals surface area (Å²) in [4.78, 5) is 27.6. The number of hydrogen-bond acceptors (Lipinski definition) is 5. The lowest BCUT2D eigenvalue weighted by molar-refractivity contribution is 0.0974. The van der Waals surface area contributed by atoms with Crippen molar-refractivity contribution in [2.24, 2.45) is 0 Å². The van der Waals surface area contributed by atoms with E-state index in [1.54, 1.807) is 6.07 Å². The Hall–Kier alpha value is -2.37. The molecule has 2 aromatic carbocycles. The molecule has 132 valence electrons. The first-order valence-electron chi connectivity index (χ1n) is 7.97. The molecular weight excluding hydrogens is 342 g/mol. The summed E-state index contributed by atoms with van der Waals surface area (Å²) in [6, 6.07) is 7.60. The van der Waals surface area contributed by atoms with Crippen molar-refractivity contribution in [2.45, 2.75) is 20.4 Å². The molecule has 5 nitrogen and oxygen atoms in total. The Morgan fingerprint density at radius 1 is 0.880 bits per heavy atom. The molecule has 0 aromatic heterocycles. The van der Waals surface area contributed by atoms with Crippen LogP contribution in [0, 0.1) is 0 Å². The Kier molecular flexibility index (Phi) is 5.50. The third-order valence-corrected chi connectivity index (χ3v) is 4.46. The van der Waals surface area contributed by atoms with Crippen LogP contribution < -0.4 is 0 Å². The van der Waals surface area contributed by atoms with Gasteiger partial charge < -0.3 is 10.2 Å². The van der Waals surface area contributed by atoms with Crippen LogP contribution in [-0.4, -0.2) is 39.8 Å². The minimum absolute atomic E-state index is 0. The molecule has 0 fully saturated rings. The van der Waals surface area contributed by atoms with Gasteiger partial charge in [0.2, 0.25) is 5.78 Å². The summed E-state index contributed by atoms with van der Waals surface area (Å²) in [5, 5.41) is 20.3. The van der Waals surface area contributed by atoms with Crippen LogP contribution in [0.2, 0.25) is 0 Å². The predicted octanol–water partition coefficient (Wildman–Crippen LogP) is 3.14. The van der Waals surface area contributed by atoms with E-state index in [1.807, 2.05) is 13.8 Å². The molecule has 1 aliphatic rings. The second-order valence-electron chi connectivity index (χ2n) is 5.86. The Morgan fingerprint density at radius 3 is 2.16 bits per heavy atom. The fourth-order valence-electron chi connectivity index (χ4n) is 3.14. The quantitative estimate of drug-likeness (QED) is 0.746. The Balaban J connectivity index is 0.00000225. The summed E-state index contributed by atoms with van der Waals surface area (Å²) in [7, 11) is 0. The number of phenolic OH excluding ortho intramolecular Hbond substituents is 2. The van der Waals surface area contributed by atoms with Gasteiger partial charge in [0.1, 0.15) is 11.5 Å². The van der Waals surface area contributed by atoms with E-state index in [-0.39, 0.29) is 51.9 Å². The molecule has 0 atom stereocenters. The largest absolute Gasteiger partial charge is 0.507 e. The lowest BCUT2D eigenvalue weighted by Gasteiger charge is -2.22. The molecule has 3 rings (SSSR count). The summed E-state index contributed by atoms with van der Waals surface area (Å²) >= 11 is 0. The number of rotatable bonds is 4. The molecule has 2 N–H and O–H groups in total. The molecule has 0 aliphatic heterocycles. The van der Waals surface area contributed by atoms with Crippen LogP contribution in [0.5, 0.6) is 11.5 Å². The first-order valence-corrected chi connectivity index (χ1v) is 7.97. The highest BCUT2D eigenvalue weighted by atomic mass is 35.5. The zero-order valence-electron chi connectivity index (χ0n) is 14.1. The van der Waals surface area contributed by atoms with Crippen LogP contribution in [0.1, 0.15) is 51.3 Å². The maximum Gasteiger partial charge on any atom is 0.201 e. The average Bonchev–Trinajstić information content (AvgIpc) is 2.56. The van der Waals surface area contributed by atoms with Crippen LogP contribution in [-0.2, 0) is 6.54 Å². The molecular formula is C19H20ClNO4. The lowest BCUT2D eigenvalue weighted by atomic mass is 9.82. The van der Waals surface area contributed by atoms with Crippen LogP contribution in [0.4, 0.5) is 0 Å². The van der Waals surface area contributed by atoms with Crippen LogP contribution >= 0.6 is 12.4 Å².